The van der Waals surface area contributed by atoms with Crippen LogP contribution in [0.25, 0.3) is 0 Å². The fourth-order valence-corrected chi connectivity index (χ4v) is 1.67. The van der Waals surface area contributed by atoms with Crippen LogP contribution in [-0.4, -0.2) is 32.1 Å². The average Bonchev–Trinajstić information content (AvgIpc) is 2.38. The lowest BCUT2D eigenvalue weighted by molar-refractivity contribution is -0.121. The van der Waals surface area contributed by atoms with Crippen molar-refractivity contribution >= 4 is 5.91 Å². The van der Waals surface area contributed by atoms with Crippen molar-refractivity contribution in [2.75, 3.05) is 20.2 Å². The van der Waals surface area contributed by atoms with E-state index in [1.165, 1.54) is 5.56 Å². The van der Waals surface area contributed by atoms with Crippen molar-refractivity contribution in [2.24, 2.45) is 0 Å². The van der Waals surface area contributed by atoms with E-state index in [0.717, 1.165) is 11.3 Å². The van der Waals surface area contributed by atoms with Crippen LogP contribution in [-0.2, 0) is 4.79 Å². The Bertz CT molecular complexity index is 419. The number of likely N-dealkylation sites (N-methyl/N-ethyl adjacent to an activating group) is 1. The minimum atomic E-state index is 0.0202. The summed E-state index contributed by atoms with van der Waals surface area (Å²) in [6.07, 6.45) is 0.379. The maximum atomic E-state index is 11.6. The van der Waals surface area contributed by atoms with Crippen molar-refractivity contribution in [3.05, 3.63) is 29.3 Å². The Morgan fingerprint density at radius 3 is 2.74 bits per heavy atom. The third kappa shape index (κ3) is 5.75. The molecule has 0 aliphatic carbocycles. The van der Waals surface area contributed by atoms with Crippen molar-refractivity contribution in [3.8, 4) is 5.75 Å². The number of carbonyl (C=O) groups excluding carboxylic acids is 1. The first kappa shape index (κ1) is 15.5. The highest BCUT2D eigenvalue weighted by atomic mass is 16.5. The van der Waals surface area contributed by atoms with Crippen LogP contribution in [0.2, 0.25) is 0 Å². The number of ether oxygens (including phenoxy) is 1. The van der Waals surface area contributed by atoms with Crippen LogP contribution in [0.15, 0.2) is 18.2 Å². The third-order valence-corrected chi connectivity index (χ3v) is 3.02. The van der Waals surface area contributed by atoms with Gasteiger partial charge in [0.25, 0.3) is 0 Å². The molecule has 4 heteroatoms. The molecule has 1 aromatic carbocycles. The van der Waals surface area contributed by atoms with Crippen molar-refractivity contribution < 1.29 is 9.53 Å². The first-order valence-corrected chi connectivity index (χ1v) is 6.67. The second-order valence-corrected chi connectivity index (χ2v) is 4.86. The first-order chi connectivity index (χ1) is 9.02. The number of hydrogen-bond acceptors (Lipinski definition) is 3. The molecule has 4 nitrogen and oxygen atoms in total. The van der Waals surface area contributed by atoms with Crippen molar-refractivity contribution in [2.45, 2.75) is 33.2 Å². The van der Waals surface area contributed by atoms with E-state index in [2.05, 4.69) is 16.7 Å². The molecular formula is C15H24N2O2. The van der Waals surface area contributed by atoms with Gasteiger partial charge in [-0.25, -0.2) is 0 Å². The molecule has 0 fully saturated rings. The first-order valence-electron chi connectivity index (χ1n) is 6.67. The van der Waals surface area contributed by atoms with E-state index >= 15 is 0 Å². The molecule has 0 aliphatic heterocycles. The lowest BCUT2D eigenvalue weighted by Gasteiger charge is -2.12. The molecule has 0 saturated carbocycles. The molecule has 2 N–H and O–H groups in total. The van der Waals surface area contributed by atoms with E-state index in [4.69, 9.17) is 4.74 Å². The summed E-state index contributed by atoms with van der Waals surface area (Å²) in [4.78, 5) is 11.6. The van der Waals surface area contributed by atoms with Gasteiger partial charge < -0.3 is 15.4 Å². The summed E-state index contributed by atoms with van der Waals surface area (Å²) in [6.45, 7) is 7.12. The maximum absolute atomic E-state index is 11.6. The van der Waals surface area contributed by atoms with Gasteiger partial charge in [-0.05, 0) is 39.4 Å². The Hall–Kier alpha value is -1.55. The van der Waals surface area contributed by atoms with Crippen LogP contribution >= 0.6 is 0 Å². The molecule has 0 aliphatic rings. The zero-order valence-corrected chi connectivity index (χ0v) is 12.2. The molecule has 1 rings (SSSR count). The molecular weight excluding hydrogens is 240 g/mol. The highest BCUT2D eigenvalue weighted by molar-refractivity contribution is 5.76. The summed E-state index contributed by atoms with van der Waals surface area (Å²) in [5.74, 6) is 0.869. The Morgan fingerprint density at radius 2 is 2.11 bits per heavy atom. The molecule has 0 bridgehead atoms. The van der Waals surface area contributed by atoms with Gasteiger partial charge in [0.05, 0.1) is 13.0 Å². The molecule has 1 unspecified atom stereocenters. The van der Waals surface area contributed by atoms with Crippen LogP contribution < -0.4 is 15.4 Å². The van der Waals surface area contributed by atoms with Crippen LogP contribution in [0.3, 0.4) is 0 Å². The molecule has 0 aromatic heterocycles. The summed E-state index contributed by atoms with van der Waals surface area (Å²) in [5, 5.41) is 5.93. The molecule has 1 aromatic rings. The lowest BCUT2D eigenvalue weighted by Crippen LogP contribution is -2.37. The molecule has 0 saturated heterocycles. The number of hydrogen-bond donors (Lipinski definition) is 2. The van der Waals surface area contributed by atoms with Gasteiger partial charge >= 0.3 is 0 Å². The molecule has 1 amide bonds. The molecule has 106 valence electrons. The van der Waals surface area contributed by atoms with Crippen molar-refractivity contribution in [1.82, 2.24) is 10.6 Å². The smallest absolute Gasteiger partial charge is 0.223 e. The fourth-order valence-electron chi connectivity index (χ4n) is 1.67. The Labute approximate surface area is 115 Å². The van der Waals surface area contributed by atoms with Gasteiger partial charge in [-0.15, -0.1) is 0 Å². The van der Waals surface area contributed by atoms with E-state index in [1.807, 2.05) is 40.0 Å². The molecule has 0 radical (unpaired) electrons. The van der Waals surface area contributed by atoms with Gasteiger partial charge in [0, 0.05) is 12.6 Å². The van der Waals surface area contributed by atoms with Crippen molar-refractivity contribution in [3.63, 3.8) is 0 Å². The van der Waals surface area contributed by atoms with Gasteiger partial charge in [0.1, 0.15) is 5.75 Å². The third-order valence-electron chi connectivity index (χ3n) is 3.02. The minimum Gasteiger partial charge on any atom is -0.493 e. The molecule has 0 spiro atoms. The molecule has 19 heavy (non-hydrogen) atoms. The van der Waals surface area contributed by atoms with Gasteiger partial charge in [-0.1, -0.05) is 17.7 Å². The highest BCUT2D eigenvalue weighted by Gasteiger charge is 2.05. The zero-order chi connectivity index (χ0) is 14.3. The molecule has 0 heterocycles. The van der Waals surface area contributed by atoms with Crippen LogP contribution in [0.5, 0.6) is 5.75 Å². The highest BCUT2D eigenvalue weighted by Crippen LogP contribution is 2.18. The second-order valence-electron chi connectivity index (χ2n) is 4.86. The Morgan fingerprint density at radius 1 is 1.37 bits per heavy atom. The maximum Gasteiger partial charge on any atom is 0.223 e. The van der Waals surface area contributed by atoms with Crippen LogP contribution in [0.4, 0.5) is 0 Å². The largest absolute Gasteiger partial charge is 0.493 e. The summed E-state index contributed by atoms with van der Waals surface area (Å²) in [6, 6.07) is 6.32. The quantitative estimate of drug-likeness (QED) is 0.789. The lowest BCUT2D eigenvalue weighted by atomic mass is 10.1. The van der Waals surface area contributed by atoms with Crippen LogP contribution in [0.1, 0.15) is 24.5 Å². The number of nitrogens with one attached hydrogen (secondary N) is 2. The predicted molar refractivity (Wildman–Crippen MR) is 77.6 cm³/mol. The van der Waals surface area contributed by atoms with Crippen LogP contribution in [0, 0.1) is 13.8 Å². The topological polar surface area (TPSA) is 50.4 Å². The normalized spacial score (nSPS) is 12.0. The predicted octanol–water partition coefficient (Wildman–Crippen LogP) is 1.80. The Kier molecular flexibility index (Phi) is 6.36. The second kappa shape index (κ2) is 7.79. The number of carbonyl (C=O) groups is 1. The van der Waals surface area contributed by atoms with E-state index in [9.17, 15) is 4.79 Å². The standard InChI is InChI=1S/C15H24N2O2/c1-11-5-6-14(12(2)9-11)19-8-7-15(18)17-10-13(3)16-4/h5-6,9,13,16H,7-8,10H2,1-4H3,(H,17,18). The summed E-state index contributed by atoms with van der Waals surface area (Å²) in [7, 11) is 1.88. The van der Waals surface area contributed by atoms with E-state index in [1.54, 1.807) is 0 Å². The SMILES string of the molecule is CNC(C)CNC(=O)CCOc1ccc(C)cc1C. The summed E-state index contributed by atoms with van der Waals surface area (Å²) in [5.41, 5.74) is 2.31. The van der Waals surface area contributed by atoms with Gasteiger partial charge in [-0.3, -0.25) is 4.79 Å². The number of aryl methyl sites for hydroxylation is 2. The van der Waals surface area contributed by atoms with E-state index in [0.29, 0.717) is 19.6 Å². The van der Waals surface area contributed by atoms with Gasteiger partial charge in [0.2, 0.25) is 5.91 Å². The zero-order valence-electron chi connectivity index (χ0n) is 12.2. The van der Waals surface area contributed by atoms with Gasteiger partial charge in [0.15, 0.2) is 0 Å². The summed E-state index contributed by atoms with van der Waals surface area (Å²) < 4.78 is 5.62. The number of amides is 1. The number of rotatable bonds is 7. The van der Waals surface area contributed by atoms with E-state index in [-0.39, 0.29) is 11.9 Å². The molecule has 1 atom stereocenters. The minimum absolute atomic E-state index is 0.0202. The number of benzene rings is 1. The summed E-state index contributed by atoms with van der Waals surface area (Å²) >= 11 is 0. The van der Waals surface area contributed by atoms with Gasteiger partial charge in [-0.2, -0.15) is 0 Å². The van der Waals surface area contributed by atoms with E-state index < -0.39 is 0 Å². The van der Waals surface area contributed by atoms with Crippen molar-refractivity contribution in [1.29, 1.82) is 0 Å². The fraction of sp³-hybridized carbons (Fsp3) is 0.533. The Balaban J connectivity index is 2.28. The average molecular weight is 264 g/mol. The monoisotopic (exact) mass is 264 g/mol.